The zero-order valence-electron chi connectivity index (χ0n) is 84.1. The summed E-state index contributed by atoms with van der Waals surface area (Å²) in [5.41, 5.74) is 0.259. The molecule has 2 aromatic carbocycles. The number of hydrogen-bond acceptors (Lipinski definition) is 28. The molecule has 7 heterocycles. The summed E-state index contributed by atoms with van der Waals surface area (Å²) in [5.74, 6) is -12.0. The van der Waals surface area contributed by atoms with E-state index in [9.17, 15) is 105 Å². The Morgan fingerprint density at radius 3 is 1.41 bits per heavy atom. The van der Waals surface area contributed by atoms with Gasteiger partial charge in [0.05, 0.1) is 60.5 Å². The Kier molecular flexibility index (Phi) is 39.1. The predicted molar refractivity (Wildman–Crippen MR) is 474 cm³/mol. The fourth-order valence-electron chi connectivity index (χ4n) is 16.1. The van der Waals surface area contributed by atoms with Gasteiger partial charge in [-0.15, -0.1) is 0 Å². The van der Waals surface area contributed by atoms with Gasteiger partial charge in [0.1, 0.15) is 24.4 Å². The van der Waals surface area contributed by atoms with E-state index in [0.717, 1.165) is 20.3 Å². The molecule has 41 heteroatoms. The van der Waals surface area contributed by atoms with Gasteiger partial charge in [0.15, 0.2) is 66.2 Å². The van der Waals surface area contributed by atoms with Gasteiger partial charge in [-0.25, -0.2) is 14.4 Å². The highest BCUT2D eigenvalue weighted by atomic mass is 28.3. The molecular formula is C98H140F12O28Si. The third-order valence-electron chi connectivity index (χ3n) is 26.9. The summed E-state index contributed by atoms with van der Waals surface area (Å²) >= 11 is 0. The average Bonchev–Trinajstić information content (AvgIpc) is 1.52. The molecule has 10 aliphatic rings. The normalized spacial score (nSPS) is 28.6. The van der Waals surface area contributed by atoms with Gasteiger partial charge in [0.25, 0.3) is 6.10 Å². The number of benzene rings is 2. The van der Waals surface area contributed by atoms with Crippen LogP contribution in [0.5, 0.6) is 0 Å². The van der Waals surface area contributed by atoms with Crippen LogP contribution < -0.4 is 0 Å². The molecule has 7 saturated heterocycles. The van der Waals surface area contributed by atoms with Crippen LogP contribution in [0.1, 0.15) is 282 Å². The molecule has 0 N–H and O–H groups in total. The summed E-state index contributed by atoms with van der Waals surface area (Å²) < 4.78 is 241. The first-order valence-electron chi connectivity index (χ1n) is 47.6. The van der Waals surface area contributed by atoms with E-state index in [1.807, 2.05) is 27.7 Å². The fourth-order valence-corrected chi connectivity index (χ4v) is 16.6. The second-order valence-electron chi connectivity index (χ2n) is 42.0. The molecule has 10 fully saturated rings. The molecule has 0 aromatic heterocycles. The van der Waals surface area contributed by atoms with Gasteiger partial charge >= 0.3 is 90.4 Å². The summed E-state index contributed by atoms with van der Waals surface area (Å²) in [4.78, 5) is 133. The summed E-state index contributed by atoms with van der Waals surface area (Å²) in [6.07, 6.45) is -32.3. The standard InChI is InChI=1S/C25H34O9Si.C22H26F6O9.C18H23F3O6.C14H22.C12H24O2.C7H11F3O2/c1-8-24(2,3)23(28)32-18-16-17(30-21(18)27)19-22(31-16)34-25(4,33-19)15-11-9-14(10-12-15)20(26)29-13-35(5,6)7;1-4-19(2,3)18(31)34-12-10-11(32-15(12)30)13-16(33-10)37-20(36-13)7-5-9(6-8-20)14(29)35-17(21(23,24)25)22(26,27)28;1-5-16(3,4)13(22)26-11-9-6-10-12(11)27-15(24)17(10,7-9)14(23)25-8(2)18(19,20)21;1-6-11(2)12-7-9-13(10-8-12)14(3,4)5;1-5-7-8-11(6-2)9-14-12(13)10(3)4;1-4(2)6(11)12-5(3)7(8,9)10/h9-12,16-19,22H,8,13H2,1-7H3;9-13,16-17H,4-8H2,1-3H3;8-12H,5-7H2,1-4H3;7-11H,6H2,1-5H3;10-11H,5-9H2,1-4H3;4-5H,1-3H3. The summed E-state index contributed by atoms with van der Waals surface area (Å²) in [6.45, 7) is 48.4. The number of unbranched alkanes of at least 4 members (excludes halogenated alkanes) is 1. The minimum atomic E-state index is -5.80. The van der Waals surface area contributed by atoms with E-state index in [4.69, 9.17) is 66.3 Å². The van der Waals surface area contributed by atoms with Gasteiger partial charge < -0.3 is 80.5 Å². The third kappa shape index (κ3) is 29.3. The van der Waals surface area contributed by atoms with Crippen LogP contribution in [0.4, 0.5) is 52.7 Å². The molecule has 3 saturated carbocycles. The van der Waals surface area contributed by atoms with Crippen molar-refractivity contribution in [3.63, 3.8) is 0 Å². The fraction of sp³-hybridized carbons (Fsp3) is 0.765. The molecule has 7 aliphatic heterocycles. The van der Waals surface area contributed by atoms with Crippen LogP contribution in [0, 0.1) is 57.2 Å². The van der Waals surface area contributed by atoms with Crippen molar-refractivity contribution in [1.29, 1.82) is 0 Å². The molecule has 2 bridgehead atoms. The number of alkyl halides is 12. The van der Waals surface area contributed by atoms with Crippen LogP contribution in [0.3, 0.4) is 0 Å². The maximum atomic E-state index is 12.7. The zero-order valence-corrected chi connectivity index (χ0v) is 85.1. The number of fused-ring (bicyclic) bond motifs is 7. The van der Waals surface area contributed by atoms with Crippen LogP contribution in [0.15, 0.2) is 48.5 Å². The summed E-state index contributed by atoms with van der Waals surface area (Å²) in [7, 11) is -1.51. The van der Waals surface area contributed by atoms with Crippen molar-refractivity contribution in [1.82, 2.24) is 0 Å². The molecule has 0 amide bonds. The first-order chi connectivity index (χ1) is 63.9. The van der Waals surface area contributed by atoms with Crippen molar-refractivity contribution in [3.05, 3.63) is 70.8 Å². The molecule has 1 spiro atoms. The Labute approximate surface area is 805 Å². The van der Waals surface area contributed by atoms with Gasteiger partial charge in [-0.3, -0.25) is 38.4 Å². The molecule has 20 unspecified atom stereocenters. The minimum Gasteiger partial charge on any atom is -0.466 e. The van der Waals surface area contributed by atoms with E-state index in [1.165, 1.54) is 50.7 Å². The maximum Gasteiger partial charge on any atom is 0.434 e. The lowest BCUT2D eigenvalue weighted by atomic mass is 9.73. The number of ether oxygens (including phenoxy) is 17. The molecule has 0 radical (unpaired) electrons. The second-order valence-corrected chi connectivity index (χ2v) is 47.4. The molecule has 28 nitrogen and oxygen atoms in total. The zero-order chi connectivity index (χ0) is 105. The number of hydrogen-bond donors (Lipinski definition) is 0. The highest BCUT2D eigenvalue weighted by Crippen LogP contribution is 2.64. The van der Waals surface area contributed by atoms with E-state index in [-0.39, 0.29) is 61.3 Å². The lowest BCUT2D eigenvalue weighted by molar-refractivity contribution is -0.315. The van der Waals surface area contributed by atoms with Gasteiger partial charge in [-0.2, -0.15) is 52.7 Å². The molecule has 12 rings (SSSR count). The molecule has 788 valence electrons. The summed E-state index contributed by atoms with van der Waals surface area (Å²) in [5, 5.41) is 0. The van der Waals surface area contributed by atoms with Crippen LogP contribution in [0.2, 0.25) is 19.6 Å². The number of esters is 11. The van der Waals surface area contributed by atoms with E-state index >= 15 is 0 Å². The van der Waals surface area contributed by atoms with E-state index in [2.05, 4.69) is 107 Å². The van der Waals surface area contributed by atoms with Crippen LogP contribution in [-0.2, 0) is 140 Å². The topological polar surface area (TPSA) is 345 Å². The highest BCUT2D eigenvalue weighted by Gasteiger charge is 2.76. The number of halogens is 12. The number of carbonyl (C=O) groups is 11. The number of rotatable bonds is 28. The van der Waals surface area contributed by atoms with Gasteiger partial charge in [-0.05, 0) is 161 Å². The van der Waals surface area contributed by atoms with Gasteiger partial charge in [0.2, 0.25) is 12.2 Å². The lowest BCUT2D eigenvalue weighted by Gasteiger charge is -2.36. The Morgan fingerprint density at radius 2 is 0.978 bits per heavy atom. The smallest absolute Gasteiger partial charge is 0.434 e. The molecule has 139 heavy (non-hydrogen) atoms. The number of carbonyl (C=O) groups excluding carboxylic acids is 11. The predicted octanol–water partition coefficient (Wildman–Crippen LogP) is 19.4. The highest BCUT2D eigenvalue weighted by molar-refractivity contribution is 6.76. The molecule has 2 aromatic rings. The molecular weight excluding hydrogens is 1880 g/mol. The van der Waals surface area contributed by atoms with Crippen LogP contribution >= 0.6 is 0 Å². The molecule has 20 atom stereocenters. The van der Waals surface area contributed by atoms with E-state index in [0.29, 0.717) is 61.5 Å². The maximum absolute atomic E-state index is 12.7. The average molecular weight is 2020 g/mol. The lowest BCUT2D eigenvalue weighted by Crippen LogP contribution is -2.48. The third-order valence-corrected chi connectivity index (χ3v) is 27.9. The minimum absolute atomic E-state index is 0.00122. The molecule has 3 aliphatic carbocycles. The van der Waals surface area contributed by atoms with Crippen molar-refractivity contribution < 1.29 is 186 Å². The van der Waals surface area contributed by atoms with Crippen molar-refractivity contribution in [2.75, 3.05) is 12.8 Å². The Hall–Kier alpha value is -8.25. The first-order valence-corrected chi connectivity index (χ1v) is 51.3. The van der Waals surface area contributed by atoms with Crippen LogP contribution in [0.25, 0.3) is 0 Å². The van der Waals surface area contributed by atoms with Gasteiger partial charge in [-0.1, -0.05) is 172 Å². The van der Waals surface area contributed by atoms with E-state index < -0.39 is 229 Å². The van der Waals surface area contributed by atoms with Crippen LogP contribution in [-0.4, -0.2) is 209 Å². The second kappa shape index (κ2) is 46.2. The van der Waals surface area contributed by atoms with Crippen molar-refractivity contribution in [3.8, 4) is 0 Å². The Morgan fingerprint density at radius 1 is 0.511 bits per heavy atom. The van der Waals surface area contributed by atoms with Gasteiger partial charge in [0, 0.05) is 30.2 Å². The quantitative estimate of drug-likeness (QED) is 0.0251. The van der Waals surface area contributed by atoms with E-state index in [1.54, 1.807) is 79.7 Å². The monoisotopic (exact) mass is 2020 g/mol. The largest absolute Gasteiger partial charge is 0.466 e. The van der Waals surface area contributed by atoms with Crippen molar-refractivity contribution in [2.45, 2.75) is 408 Å². The van der Waals surface area contributed by atoms with Crippen molar-refractivity contribution in [2.24, 2.45) is 57.2 Å². The Balaban J connectivity index is 0.000000239. The SMILES string of the molecule is CC(C)C(=O)OC(C)C(F)(F)F.CCC(C)(C)C(=O)OC1C(=O)OC2C3OC(C)(c4ccc(C(=O)OC[Si](C)(C)C)cc4)OC3OC12.CCC(C)(C)C(=O)OC1C(=O)OC2C3OC4(CCC(C(=O)OC(C(F)(F)F)C(F)(F)F)CC4)OC3OC12.CCC(C)(C)C(=O)OC1C2CC3C1OC(=O)C3(C(=O)OC(C)C(F)(F)F)C2.CCC(C)c1ccc(C(C)(C)C)cc1.CCCCC(CC)COC(=O)C(C)C. The first kappa shape index (κ1) is 118. The Bertz CT molecular complexity index is 4520. The van der Waals surface area contributed by atoms with Crippen molar-refractivity contribution >= 4 is 73.7 Å². The summed E-state index contributed by atoms with van der Waals surface area (Å²) in [6, 6.07) is 15.9.